The summed E-state index contributed by atoms with van der Waals surface area (Å²) in [4.78, 5) is 16.2. The number of hydrogen-bond acceptors (Lipinski definition) is 4. The van der Waals surface area contributed by atoms with Crippen LogP contribution < -0.4 is 10.1 Å². The molecule has 0 saturated heterocycles. The van der Waals surface area contributed by atoms with Gasteiger partial charge in [0.2, 0.25) is 5.91 Å². The van der Waals surface area contributed by atoms with Crippen molar-refractivity contribution in [3.05, 3.63) is 53.9 Å². The number of carbonyl (C=O) groups is 1. The van der Waals surface area contributed by atoms with Gasteiger partial charge in [-0.1, -0.05) is 17.7 Å². The van der Waals surface area contributed by atoms with E-state index in [1.807, 2.05) is 31.2 Å². The van der Waals surface area contributed by atoms with Crippen LogP contribution in [0.25, 0.3) is 11.1 Å². The Bertz CT molecular complexity index is 822. The predicted octanol–water partition coefficient (Wildman–Crippen LogP) is 3.85. The summed E-state index contributed by atoms with van der Waals surface area (Å²) in [5.41, 5.74) is 3.32. The van der Waals surface area contributed by atoms with Gasteiger partial charge in [0.1, 0.15) is 11.3 Å². The Kier molecular flexibility index (Phi) is 4.28. The first-order valence-electron chi connectivity index (χ1n) is 7.47. The van der Waals surface area contributed by atoms with Crippen molar-refractivity contribution < 1.29 is 13.9 Å². The number of aryl methyl sites for hydroxylation is 2. The number of ether oxygens (including phenoxy) is 1. The third-order valence-corrected chi connectivity index (χ3v) is 3.40. The summed E-state index contributed by atoms with van der Waals surface area (Å²) in [6, 6.07) is 13.1. The monoisotopic (exact) mass is 310 g/mol. The highest BCUT2D eigenvalue weighted by molar-refractivity contribution is 5.92. The first kappa shape index (κ1) is 15.1. The highest BCUT2D eigenvalue weighted by Gasteiger charge is 2.06. The van der Waals surface area contributed by atoms with Crippen LogP contribution in [0.3, 0.4) is 0 Å². The van der Waals surface area contributed by atoms with E-state index in [1.165, 1.54) is 5.56 Å². The maximum Gasteiger partial charge on any atom is 0.227 e. The Morgan fingerprint density at radius 2 is 1.96 bits per heavy atom. The van der Waals surface area contributed by atoms with Gasteiger partial charge in [0, 0.05) is 12.6 Å². The first-order chi connectivity index (χ1) is 11.1. The molecule has 3 rings (SSSR count). The number of aromatic nitrogens is 1. The Morgan fingerprint density at radius 3 is 2.74 bits per heavy atom. The molecule has 1 amide bonds. The van der Waals surface area contributed by atoms with Crippen molar-refractivity contribution in [1.29, 1.82) is 0 Å². The quantitative estimate of drug-likeness (QED) is 0.777. The lowest BCUT2D eigenvalue weighted by atomic mass is 10.2. The van der Waals surface area contributed by atoms with Gasteiger partial charge >= 0.3 is 0 Å². The van der Waals surface area contributed by atoms with Crippen molar-refractivity contribution in [2.24, 2.45) is 0 Å². The zero-order chi connectivity index (χ0) is 16.2. The molecular formula is C18H18N2O3. The van der Waals surface area contributed by atoms with E-state index in [0.717, 1.165) is 11.3 Å². The minimum absolute atomic E-state index is 0.100. The molecule has 3 aromatic rings. The van der Waals surface area contributed by atoms with Gasteiger partial charge in [0.15, 0.2) is 11.5 Å². The molecule has 0 spiro atoms. The number of hydrogen-bond donors (Lipinski definition) is 1. The van der Waals surface area contributed by atoms with E-state index in [0.29, 0.717) is 23.8 Å². The van der Waals surface area contributed by atoms with Crippen LogP contribution in [0.15, 0.2) is 46.9 Å². The van der Waals surface area contributed by atoms with Gasteiger partial charge in [0.05, 0.1) is 13.0 Å². The summed E-state index contributed by atoms with van der Waals surface area (Å²) < 4.78 is 11.0. The standard InChI is InChI=1S/C18H18N2O3/c1-12-3-6-15(7-4-12)22-10-9-18(21)20-14-5-8-17-16(11-14)19-13(2)23-17/h3-8,11H,9-10H2,1-2H3,(H,20,21). The number of anilines is 1. The van der Waals surface area contributed by atoms with Crippen LogP contribution in [0, 0.1) is 13.8 Å². The van der Waals surface area contributed by atoms with E-state index >= 15 is 0 Å². The topological polar surface area (TPSA) is 64.4 Å². The van der Waals surface area contributed by atoms with Crippen molar-refractivity contribution in [3.8, 4) is 5.75 Å². The molecule has 0 radical (unpaired) electrons. The van der Waals surface area contributed by atoms with Crippen LogP contribution in [0.2, 0.25) is 0 Å². The number of nitrogens with zero attached hydrogens (tertiary/aromatic N) is 1. The third kappa shape index (κ3) is 3.88. The summed E-state index contributed by atoms with van der Waals surface area (Å²) in [6.07, 6.45) is 0.282. The normalized spacial score (nSPS) is 10.7. The van der Waals surface area contributed by atoms with Crippen LogP contribution in [-0.2, 0) is 4.79 Å². The minimum atomic E-state index is -0.100. The summed E-state index contributed by atoms with van der Waals surface area (Å²) in [5.74, 6) is 1.27. The molecule has 0 unspecified atom stereocenters. The smallest absolute Gasteiger partial charge is 0.227 e. The van der Waals surface area contributed by atoms with Gasteiger partial charge in [-0.2, -0.15) is 0 Å². The lowest BCUT2D eigenvalue weighted by Gasteiger charge is -2.07. The van der Waals surface area contributed by atoms with Gasteiger partial charge < -0.3 is 14.5 Å². The largest absolute Gasteiger partial charge is 0.493 e. The van der Waals surface area contributed by atoms with E-state index in [2.05, 4.69) is 10.3 Å². The van der Waals surface area contributed by atoms with E-state index < -0.39 is 0 Å². The fourth-order valence-electron chi connectivity index (χ4n) is 2.24. The highest BCUT2D eigenvalue weighted by Crippen LogP contribution is 2.19. The number of fused-ring (bicyclic) bond motifs is 1. The van der Waals surface area contributed by atoms with Gasteiger partial charge in [-0.15, -0.1) is 0 Å². The van der Waals surface area contributed by atoms with Crippen molar-refractivity contribution in [1.82, 2.24) is 4.98 Å². The van der Waals surface area contributed by atoms with Crippen LogP contribution >= 0.6 is 0 Å². The van der Waals surface area contributed by atoms with Gasteiger partial charge in [-0.3, -0.25) is 4.79 Å². The number of rotatable bonds is 5. The lowest BCUT2D eigenvalue weighted by Crippen LogP contribution is -2.15. The predicted molar refractivity (Wildman–Crippen MR) is 88.7 cm³/mol. The first-order valence-corrected chi connectivity index (χ1v) is 7.47. The molecule has 0 atom stereocenters. The lowest BCUT2D eigenvalue weighted by molar-refractivity contribution is -0.116. The molecule has 118 valence electrons. The zero-order valence-corrected chi connectivity index (χ0v) is 13.1. The average molecular weight is 310 g/mol. The average Bonchev–Trinajstić information content (AvgIpc) is 2.88. The van der Waals surface area contributed by atoms with Gasteiger partial charge in [0.25, 0.3) is 0 Å². The molecule has 23 heavy (non-hydrogen) atoms. The van der Waals surface area contributed by atoms with E-state index in [9.17, 15) is 4.79 Å². The maximum absolute atomic E-state index is 12.0. The molecular weight excluding hydrogens is 292 g/mol. The molecule has 0 aliphatic rings. The third-order valence-electron chi connectivity index (χ3n) is 3.40. The van der Waals surface area contributed by atoms with Crippen LogP contribution in [0.5, 0.6) is 5.75 Å². The fraction of sp³-hybridized carbons (Fsp3) is 0.222. The Morgan fingerprint density at radius 1 is 1.17 bits per heavy atom. The second-order valence-electron chi connectivity index (χ2n) is 5.38. The van der Waals surface area contributed by atoms with E-state index in [4.69, 9.17) is 9.15 Å². The van der Waals surface area contributed by atoms with Crippen LogP contribution in [0.1, 0.15) is 17.9 Å². The molecule has 0 saturated carbocycles. The molecule has 5 heteroatoms. The van der Waals surface area contributed by atoms with Crippen molar-refractivity contribution in [2.45, 2.75) is 20.3 Å². The highest BCUT2D eigenvalue weighted by atomic mass is 16.5. The Balaban J connectivity index is 1.52. The summed E-state index contributed by atoms with van der Waals surface area (Å²) >= 11 is 0. The van der Waals surface area contributed by atoms with Crippen molar-refractivity contribution in [3.63, 3.8) is 0 Å². The summed E-state index contributed by atoms with van der Waals surface area (Å²) in [7, 11) is 0. The Hall–Kier alpha value is -2.82. The molecule has 1 aromatic heterocycles. The van der Waals surface area contributed by atoms with Crippen LogP contribution in [-0.4, -0.2) is 17.5 Å². The number of amides is 1. The van der Waals surface area contributed by atoms with Crippen molar-refractivity contribution in [2.75, 3.05) is 11.9 Å². The van der Waals surface area contributed by atoms with E-state index in [-0.39, 0.29) is 12.3 Å². The molecule has 5 nitrogen and oxygen atoms in total. The zero-order valence-electron chi connectivity index (χ0n) is 13.1. The number of nitrogens with one attached hydrogen (secondary N) is 1. The number of benzene rings is 2. The Labute approximate surface area is 134 Å². The second-order valence-corrected chi connectivity index (χ2v) is 5.38. The van der Waals surface area contributed by atoms with E-state index in [1.54, 1.807) is 25.1 Å². The summed E-state index contributed by atoms with van der Waals surface area (Å²) in [5, 5.41) is 2.84. The second kappa shape index (κ2) is 6.52. The molecule has 1 heterocycles. The number of carbonyl (C=O) groups excluding carboxylic acids is 1. The molecule has 0 aliphatic carbocycles. The number of oxazole rings is 1. The molecule has 0 aliphatic heterocycles. The fourth-order valence-corrected chi connectivity index (χ4v) is 2.24. The van der Waals surface area contributed by atoms with Gasteiger partial charge in [-0.05, 0) is 37.3 Å². The molecule has 2 aromatic carbocycles. The SMILES string of the molecule is Cc1ccc(OCCC(=O)Nc2ccc3oc(C)nc3c2)cc1. The molecule has 1 N–H and O–H groups in total. The van der Waals surface area contributed by atoms with Gasteiger partial charge in [-0.25, -0.2) is 4.98 Å². The van der Waals surface area contributed by atoms with Crippen LogP contribution in [0.4, 0.5) is 5.69 Å². The minimum Gasteiger partial charge on any atom is -0.493 e. The molecule has 0 bridgehead atoms. The summed E-state index contributed by atoms with van der Waals surface area (Å²) in [6.45, 7) is 4.14. The van der Waals surface area contributed by atoms with Crippen molar-refractivity contribution >= 4 is 22.7 Å². The maximum atomic E-state index is 12.0. The molecule has 0 fully saturated rings.